The fraction of sp³-hybridized carbons (Fsp3) is 0.333. The smallest absolute Gasteiger partial charge is 0.376 e. The number of nitrogens with zero attached hydrogens (tertiary/aromatic N) is 1. The fourth-order valence-corrected chi connectivity index (χ4v) is 1.79. The molecule has 1 rings (SSSR count). The highest BCUT2D eigenvalue weighted by molar-refractivity contribution is 6.48. The van der Waals surface area contributed by atoms with Gasteiger partial charge in [0.1, 0.15) is 0 Å². The number of hydrogen-bond acceptors (Lipinski definition) is 3. The fourth-order valence-electron chi connectivity index (χ4n) is 1.19. The third-order valence-electron chi connectivity index (χ3n) is 2.22. The van der Waals surface area contributed by atoms with E-state index in [0.717, 1.165) is 19.1 Å². The first kappa shape index (κ1) is 14.4. The Morgan fingerprint density at radius 1 is 1.41 bits per heavy atom. The number of aliphatic hydroxyl groups is 1. The topological polar surface area (TPSA) is 63.4 Å². The van der Waals surface area contributed by atoms with Crippen LogP contribution < -0.4 is 0 Å². The normalized spacial score (nSPS) is 16.4. The summed E-state index contributed by atoms with van der Waals surface area (Å²) < 4.78 is 13.3. The van der Waals surface area contributed by atoms with E-state index in [1.54, 1.807) is 0 Å². The van der Waals surface area contributed by atoms with Gasteiger partial charge in [-0.1, -0.05) is 34.8 Å². The van der Waals surface area contributed by atoms with Gasteiger partial charge in [0.25, 0.3) is 0 Å². The number of hydrogen-bond donors (Lipinski definition) is 1. The Morgan fingerprint density at radius 2 is 1.82 bits per heavy atom. The quantitative estimate of drug-likeness (QED) is 0.403. The van der Waals surface area contributed by atoms with E-state index in [2.05, 4.69) is 0 Å². The minimum Gasteiger partial charge on any atom is -0.376 e. The predicted octanol–water partition coefficient (Wildman–Crippen LogP) is 3.43. The number of rotatable bonds is 3. The lowest BCUT2D eigenvalue weighted by Crippen LogP contribution is -2.38. The molecule has 0 radical (unpaired) electrons. The van der Waals surface area contributed by atoms with E-state index in [4.69, 9.17) is 34.8 Å². The van der Waals surface area contributed by atoms with Crippen LogP contribution in [-0.2, 0) is 5.60 Å². The summed E-state index contributed by atoms with van der Waals surface area (Å²) in [6.07, 6.45) is -2.70. The van der Waals surface area contributed by atoms with E-state index < -0.39 is 16.8 Å². The molecule has 1 N–H and O–H groups in total. The van der Waals surface area contributed by atoms with E-state index in [0.29, 0.717) is 0 Å². The Balaban J connectivity index is 3.29. The van der Waals surface area contributed by atoms with E-state index >= 15 is 0 Å². The molecule has 0 fully saturated rings. The molecule has 0 amide bonds. The van der Waals surface area contributed by atoms with Crippen molar-refractivity contribution in [1.29, 1.82) is 0 Å². The molecule has 17 heavy (non-hydrogen) atoms. The van der Waals surface area contributed by atoms with Crippen LogP contribution in [0.25, 0.3) is 0 Å². The van der Waals surface area contributed by atoms with E-state index in [1.165, 1.54) is 0 Å². The molecule has 8 heteroatoms. The van der Waals surface area contributed by atoms with Gasteiger partial charge in [-0.2, -0.15) is 4.39 Å². The maximum Gasteiger partial charge on any atom is 0.381 e. The zero-order valence-electron chi connectivity index (χ0n) is 8.45. The second-order valence-corrected chi connectivity index (χ2v) is 4.71. The highest BCUT2D eigenvalue weighted by atomic mass is 35.5. The highest BCUT2D eigenvalue weighted by Crippen LogP contribution is 2.36. The van der Waals surface area contributed by atoms with Crippen LogP contribution in [0.2, 0.25) is 15.1 Å². The molecule has 2 unspecified atom stereocenters. The van der Waals surface area contributed by atoms with E-state index in [1.807, 2.05) is 0 Å². The van der Waals surface area contributed by atoms with Gasteiger partial charge in [0.05, 0.1) is 20.0 Å². The Labute approximate surface area is 111 Å². The SMILES string of the molecule is CC(O)(c1cc(Cl)c(Cl)c(Cl)c1)C(F)[N+](=O)[O-]. The van der Waals surface area contributed by atoms with Crippen molar-refractivity contribution in [3.63, 3.8) is 0 Å². The number of halogens is 4. The van der Waals surface area contributed by atoms with Gasteiger partial charge < -0.3 is 5.11 Å². The van der Waals surface area contributed by atoms with E-state index in [9.17, 15) is 19.6 Å². The van der Waals surface area contributed by atoms with Crippen molar-refractivity contribution in [3.8, 4) is 0 Å². The molecule has 0 aromatic heterocycles. The number of alkyl halides is 1. The summed E-state index contributed by atoms with van der Waals surface area (Å²) in [7, 11) is 0. The Kier molecular flexibility index (Phi) is 4.19. The van der Waals surface area contributed by atoms with Crippen LogP contribution in [0.15, 0.2) is 12.1 Å². The van der Waals surface area contributed by atoms with Gasteiger partial charge in [-0.05, 0) is 24.6 Å². The number of benzene rings is 1. The summed E-state index contributed by atoms with van der Waals surface area (Å²) in [6, 6.07) is 2.26. The zero-order chi connectivity index (χ0) is 13.4. The second-order valence-electron chi connectivity index (χ2n) is 3.52. The summed E-state index contributed by atoms with van der Waals surface area (Å²) in [5.74, 6) is 0. The minimum atomic E-state index is -2.70. The van der Waals surface area contributed by atoms with Gasteiger partial charge in [0.15, 0.2) is 5.60 Å². The van der Waals surface area contributed by atoms with Crippen LogP contribution in [0.5, 0.6) is 0 Å². The predicted molar refractivity (Wildman–Crippen MR) is 62.9 cm³/mol. The molecule has 0 saturated carbocycles. The van der Waals surface area contributed by atoms with Gasteiger partial charge in [0, 0.05) is 0 Å². The molecule has 1 aromatic carbocycles. The molecule has 0 aliphatic rings. The lowest BCUT2D eigenvalue weighted by Gasteiger charge is -2.22. The van der Waals surface area contributed by atoms with Gasteiger partial charge in [-0.3, -0.25) is 10.1 Å². The molecule has 0 aliphatic heterocycles. The molecule has 0 spiro atoms. The largest absolute Gasteiger partial charge is 0.381 e. The average Bonchev–Trinajstić information content (AvgIpc) is 2.23. The first-order valence-electron chi connectivity index (χ1n) is 4.33. The van der Waals surface area contributed by atoms with Crippen molar-refractivity contribution in [3.05, 3.63) is 42.9 Å². The highest BCUT2D eigenvalue weighted by Gasteiger charge is 2.43. The third kappa shape index (κ3) is 2.80. The monoisotopic (exact) mass is 301 g/mol. The first-order valence-corrected chi connectivity index (χ1v) is 5.46. The first-order chi connectivity index (χ1) is 7.67. The lowest BCUT2D eigenvalue weighted by atomic mass is 9.95. The molecular formula is C9H7Cl3FNO3. The van der Waals surface area contributed by atoms with Crippen molar-refractivity contribution in [2.45, 2.75) is 18.8 Å². The lowest BCUT2D eigenvalue weighted by molar-refractivity contribution is -0.578. The second kappa shape index (κ2) is 4.94. The maximum absolute atomic E-state index is 13.3. The molecule has 0 aliphatic carbocycles. The van der Waals surface area contributed by atoms with Crippen molar-refractivity contribution < 1.29 is 14.4 Å². The van der Waals surface area contributed by atoms with Crippen molar-refractivity contribution in [1.82, 2.24) is 0 Å². The van der Waals surface area contributed by atoms with Crippen molar-refractivity contribution in [2.24, 2.45) is 0 Å². The Bertz CT molecular complexity index is 444. The minimum absolute atomic E-state index is 0.0232. The molecule has 1 aromatic rings. The van der Waals surface area contributed by atoms with Crippen LogP contribution in [0.4, 0.5) is 4.39 Å². The molecule has 2 atom stereocenters. The summed E-state index contributed by atoms with van der Waals surface area (Å²) >= 11 is 17.0. The van der Waals surface area contributed by atoms with Gasteiger partial charge in [-0.25, -0.2) is 0 Å². The Morgan fingerprint density at radius 3 is 2.18 bits per heavy atom. The maximum atomic E-state index is 13.3. The third-order valence-corrected chi connectivity index (χ3v) is 3.41. The van der Waals surface area contributed by atoms with Gasteiger partial charge in [-0.15, -0.1) is 0 Å². The van der Waals surface area contributed by atoms with Crippen LogP contribution >= 0.6 is 34.8 Å². The van der Waals surface area contributed by atoms with Crippen molar-refractivity contribution in [2.75, 3.05) is 0 Å². The summed E-state index contributed by atoms with van der Waals surface area (Å²) in [4.78, 5) is 9.09. The molecule has 0 saturated heterocycles. The molecule has 0 bridgehead atoms. The molecular weight excluding hydrogens is 295 g/mol. The number of nitro groups is 1. The molecule has 94 valence electrons. The van der Waals surface area contributed by atoms with Gasteiger partial charge in [0.2, 0.25) is 0 Å². The molecule has 0 heterocycles. The van der Waals surface area contributed by atoms with Crippen LogP contribution in [0.3, 0.4) is 0 Å². The average molecular weight is 303 g/mol. The van der Waals surface area contributed by atoms with Crippen LogP contribution in [0.1, 0.15) is 12.5 Å². The van der Waals surface area contributed by atoms with Crippen LogP contribution in [-0.4, -0.2) is 16.3 Å². The standard InChI is InChI=1S/C9H7Cl3FNO3/c1-9(15,8(13)14(16)17)4-2-5(10)7(12)6(11)3-4/h2-3,8,15H,1H3. The van der Waals surface area contributed by atoms with Crippen molar-refractivity contribution >= 4 is 34.8 Å². The summed E-state index contributed by atoms with van der Waals surface area (Å²) in [5.41, 5.74) is -2.47. The summed E-state index contributed by atoms with van der Waals surface area (Å²) in [6.45, 7) is 0.955. The molecule has 4 nitrogen and oxygen atoms in total. The summed E-state index contributed by atoms with van der Waals surface area (Å²) in [5, 5.41) is 20.1. The Hall–Kier alpha value is -0.620. The van der Waals surface area contributed by atoms with Gasteiger partial charge >= 0.3 is 6.30 Å². The van der Waals surface area contributed by atoms with Crippen LogP contribution in [0, 0.1) is 10.1 Å². The van der Waals surface area contributed by atoms with E-state index in [-0.39, 0.29) is 20.6 Å². The zero-order valence-corrected chi connectivity index (χ0v) is 10.7.